The third-order valence-corrected chi connectivity index (χ3v) is 4.82. The van der Waals surface area contributed by atoms with Gasteiger partial charge < -0.3 is 18.9 Å². The lowest BCUT2D eigenvalue weighted by molar-refractivity contribution is -0.0461. The van der Waals surface area contributed by atoms with E-state index in [1.807, 2.05) is 30.3 Å². The van der Waals surface area contributed by atoms with Gasteiger partial charge in [0.2, 0.25) is 0 Å². The standard InChI is InChI=1S/C18H18O5S/c1-20-14-9-13(18-22-7-8-23-18)17(10-15(14)21-2)24-16-6-4-3-5-12(16)11-19/h3-6,9-11,18H,7-8H2,1-2H3. The first-order chi connectivity index (χ1) is 11.8. The Balaban J connectivity index is 2.05. The highest BCUT2D eigenvalue weighted by Crippen LogP contribution is 2.43. The second-order valence-corrected chi connectivity index (χ2v) is 6.16. The summed E-state index contributed by atoms with van der Waals surface area (Å²) in [6.45, 7) is 1.10. The van der Waals surface area contributed by atoms with Crippen LogP contribution in [0.5, 0.6) is 11.5 Å². The number of rotatable bonds is 6. The zero-order valence-corrected chi connectivity index (χ0v) is 14.3. The molecular formula is C18H18O5S. The maximum absolute atomic E-state index is 11.3. The van der Waals surface area contributed by atoms with Crippen molar-refractivity contribution >= 4 is 18.0 Å². The van der Waals surface area contributed by atoms with E-state index in [1.165, 1.54) is 11.8 Å². The average Bonchev–Trinajstić information content (AvgIpc) is 3.16. The van der Waals surface area contributed by atoms with Crippen LogP contribution in [0.4, 0.5) is 0 Å². The van der Waals surface area contributed by atoms with E-state index in [0.29, 0.717) is 30.3 Å². The minimum atomic E-state index is -0.448. The highest BCUT2D eigenvalue weighted by atomic mass is 32.2. The predicted octanol–water partition coefficient (Wildman–Crippen LogP) is 3.71. The number of carbonyl (C=O) groups is 1. The number of methoxy groups -OCH3 is 2. The van der Waals surface area contributed by atoms with Gasteiger partial charge in [-0.05, 0) is 18.2 Å². The van der Waals surface area contributed by atoms with Crippen molar-refractivity contribution in [2.75, 3.05) is 27.4 Å². The largest absolute Gasteiger partial charge is 0.493 e. The maximum atomic E-state index is 11.3. The van der Waals surface area contributed by atoms with Gasteiger partial charge in [0.15, 0.2) is 24.1 Å². The summed E-state index contributed by atoms with van der Waals surface area (Å²) in [4.78, 5) is 13.0. The summed E-state index contributed by atoms with van der Waals surface area (Å²) in [5.74, 6) is 1.23. The highest BCUT2D eigenvalue weighted by molar-refractivity contribution is 7.99. The normalized spacial score (nSPS) is 14.6. The molecule has 5 nitrogen and oxygen atoms in total. The van der Waals surface area contributed by atoms with Crippen LogP contribution >= 0.6 is 11.8 Å². The number of benzene rings is 2. The van der Waals surface area contributed by atoms with Crippen LogP contribution in [0, 0.1) is 0 Å². The molecule has 0 amide bonds. The van der Waals surface area contributed by atoms with E-state index in [0.717, 1.165) is 21.6 Å². The van der Waals surface area contributed by atoms with Gasteiger partial charge in [0, 0.05) is 20.9 Å². The molecule has 6 heteroatoms. The van der Waals surface area contributed by atoms with Gasteiger partial charge in [-0.15, -0.1) is 0 Å². The van der Waals surface area contributed by atoms with Gasteiger partial charge >= 0.3 is 0 Å². The van der Waals surface area contributed by atoms with Gasteiger partial charge in [0.25, 0.3) is 0 Å². The zero-order chi connectivity index (χ0) is 16.9. The molecule has 0 aliphatic carbocycles. The van der Waals surface area contributed by atoms with Crippen LogP contribution in [0.1, 0.15) is 22.2 Å². The Hall–Kier alpha value is -2.02. The minimum Gasteiger partial charge on any atom is -0.493 e. The second kappa shape index (κ2) is 7.70. The van der Waals surface area contributed by atoms with E-state index in [-0.39, 0.29) is 0 Å². The van der Waals surface area contributed by atoms with E-state index in [9.17, 15) is 4.79 Å². The summed E-state index contributed by atoms with van der Waals surface area (Å²) in [6, 6.07) is 11.2. The lowest BCUT2D eigenvalue weighted by atomic mass is 10.2. The third kappa shape index (κ3) is 3.40. The maximum Gasteiger partial charge on any atom is 0.185 e. The van der Waals surface area contributed by atoms with Gasteiger partial charge in [0.1, 0.15) is 0 Å². The molecular weight excluding hydrogens is 328 g/mol. The van der Waals surface area contributed by atoms with Gasteiger partial charge in [-0.1, -0.05) is 30.0 Å². The molecule has 1 saturated heterocycles. The third-order valence-electron chi connectivity index (χ3n) is 3.66. The first-order valence-electron chi connectivity index (χ1n) is 7.48. The summed E-state index contributed by atoms with van der Waals surface area (Å²) in [5.41, 5.74) is 1.49. The molecule has 3 rings (SSSR count). The van der Waals surface area contributed by atoms with Gasteiger partial charge in [-0.3, -0.25) is 4.79 Å². The summed E-state index contributed by atoms with van der Waals surface area (Å²) < 4.78 is 22.1. The first kappa shape index (κ1) is 16.8. The van der Waals surface area contributed by atoms with Crippen LogP contribution in [-0.4, -0.2) is 33.7 Å². The monoisotopic (exact) mass is 346 g/mol. The molecule has 0 saturated carbocycles. The lowest BCUT2D eigenvalue weighted by Gasteiger charge is -2.18. The van der Waals surface area contributed by atoms with Gasteiger partial charge in [0.05, 0.1) is 27.4 Å². The minimum absolute atomic E-state index is 0.448. The smallest absolute Gasteiger partial charge is 0.185 e. The van der Waals surface area contributed by atoms with E-state index < -0.39 is 6.29 Å². The van der Waals surface area contributed by atoms with Crippen molar-refractivity contribution in [2.45, 2.75) is 16.1 Å². The van der Waals surface area contributed by atoms with Crippen molar-refractivity contribution in [3.8, 4) is 11.5 Å². The van der Waals surface area contributed by atoms with Crippen LogP contribution < -0.4 is 9.47 Å². The molecule has 0 aromatic heterocycles. The molecule has 0 atom stereocenters. The first-order valence-corrected chi connectivity index (χ1v) is 8.29. The Bertz CT molecular complexity index is 725. The molecule has 0 N–H and O–H groups in total. The van der Waals surface area contributed by atoms with Crippen LogP contribution in [0.2, 0.25) is 0 Å². The number of aldehydes is 1. The van der Waals surface area contributed by atoms with Crippen molar-refractivity contribution < 1.29 is 23.7 Å². The molecule has 2 aromatic carbocycles. The molecule has 0 bridgehead atoms. The van der Waals surface area contributed by atoms with E-state index >= 15 is 0 Å². The topological polar surface area (TPSA) is 54.0 Å². The SMILES string of the molecule is COc1cc(Sc2ccccc2C=O)c(C2OCCO2)cc1OC. The number of hydrogen-bond donors (Lipinski definition) is 0. The summed E-state index contributed by atoms with van der Waals surface area (Å²) >= 11 is 1.47. The Morgan fingerprint density at radius 2 is 1.71 bits per heavy atom. The number of carbonyl (C=O) groups excluding carboxylic acids is 1. The Morgan fingerprint density at radius 3 is 2.38 bits per heavy atom. The Morgan fingerprint density at radius 1 is 1.04 bits per heavy atom. The fourth-order valence-electron chi connectivity index (χ4n) is 2.48. The Kier molecular flexibility index (Phi) is 5.40. The predicted molar refractivity (Wildman–Crippen MR) is 90.1 cm³/mol. The fraction of sp³-hybridized carbons (Fsp3) is 0.278. The van der Waals surface area contributed by atoms with Crippen LogP contribution in [0.15, 0.2) is 46.2 Å². The molecule has 1 aliphatic rings. The van der Waals surface area contributed by atoms with Crippen molar-refractivity contribution in [1.82, 2.24) is 0 Å². The number of ether oxygens (including phenoxy) is 4. The molecule has 126 valence electrons. The molecule has 1 aliphatic heterocycles. The van der Waals surface area contributed by atoms with Crippen molar-refractivity contribution in [2.24, 2.45) is 0 Å². The van der Waals surface area contributed by atoms with Crippen molar-refractivity contribution in [3.63, 3.8) is 0 Å². The fourth-order valence-corrected chi connectivity index (χ4v) is 3.53. The van der Waals surface area contributed by atoms with E-state index in [4.69, 9.17) is 18.9 Å². The van der Waals surface area contributed by atoms with Gasteiger partial charge in [-0.25, -0.2) is 0 Å². The average molecular weight is 346 g/mol. The number of hydrogen-bond acceptors (Lipinski definition) is 6. The molecule has 24 heavy (non-hydrogen) atoms. The zero-order valence-electron chi connectivity index (χ0n) is 13.5. The van der Waals surface area contributed by atoms with E-state index in [2.05, 4.69) is 0 Å². The molecule has 0 radical (unpaired) electrons. The molecule has 0 unspecified atom stereocenters. The van der Waals surface area contributed by atoms with E-state index in [1.54, 1.807) is 20.3 Å². The highest BCUT2D eigenvalue weighted by Gasteiger charge is 2.24. The van der Waals surface area contributed by atoms with Gasteiger partial charge in [-0.2, -0.15) is 0 Å². The van der Waals surface area contributed by atoms with Crippen molar-refractivity contribution in [3.05, 3.63) is 47.5 Å². The molecule has 2 aromatic rings. The van der Waals surface area contributed by atoms with Crippen LogP contribution in [0.25, 0.3) is 0 Å². The van der Waals surface area contributed by atoms with Crippen LogP contribution in [-0.2, 0) is 9.47 Å². The summed E-state index contributed by atoms with van der Waals surface area (Å²) in [5, 5.41) is 0. The molecule has 0 spiro atoms. The molecule has 1 heterocycles. The Labute approximate surface area is 144 Å². The van der Waals surface area contributed by atoms with Crippen LogP contribution in [0.3, 0.4) is 0 Å². The lowest BCUT2D eigenvalue weighted by Crippen LogP contribution is -2.02. The summed E-state index contributed by atoms with van der Waals surface area (Å²) in [7, 11) is 3.18. The second-order valence-electron chi connectivity index (χ2n) is 5.08. The summed E-state index contributed by atoms with van der Waals surface area (Å²) in [6.07, 6.45) is 0.404. The quantitative estimate of drug-likeness (QED) is 0.743. The van der Waals surface area contributed by atoms with Crippen molar-refractivity contribution in [1.29, 1.82) is 0 Å². The molecule has 1 fully saturated rings.